The van der Waals surface area contributed by atoms with Crippen LogP contribution in [0, 0.1) is 0 Å². The maximum atomic E-state index is 4.53. The Bertz CT molecular complexity index is 556. The van der Waals surface area contributed by atoms with Crippen molar-refractivity contribution in [3.8, 4) is 0 Å². The zero-order chi connectivity index (χ0) is 13.9. The van der Waals surface area contributed by atoms with Gasteiger partial charge in [-0.2, -0.15) is 5.10 Å². The van der Waals surface area contributed by atoms with Crippen LogP contribution in [-0.2, 0) is 0 Å². The molecule has 0 unspecified atom stereocenters. The number of allylic oxidation sites excluding steroid dienone is 2. The van der Waals surface area contributed by atoms with Crippen molar-refractivity contribution in [1.82, 2.24) is 30.1 Å². The van der Waals surface area contributed by atoms with Crippen LogP contribution >= 0.6 is 0 Å². The third-order valence-corrected chi connectivity index (χ3v) is 4.09. The second-order valence-electron chi connectivity index (χ2n) is 5.35. The predicted molar refractivity (Wildman–Crippen MR) is 79.3 cm³/mol. The monoisotopic (exact) mass is 273 g/mol. The Hall–Kier alpha value is -2.07. The largest absolute Gasteiger partial charge is 0.445 e. The average Bonchev–Trinajstić information content (AvgIpc) is 3.02. The van der Waals surface area contributed by atoms with E-state index >= 15 is 0 Å². The molecule has 1 saturated heterocycles. The molecule has 6 nitrogen and oxygen atoms in total. The smallest absolute Gasteiger partial charge is 0.263 e. The lowest BCUT2D eigenvalue weighted by atomic mass is 9.96. The van der Waals surface area contributed by atoms with Gasteiger partial charge in [-0.25, -0.2) is 15.0 Å². The molecule has 20 heavy (non-hydrogen) atoms. The second kappa shape index (κ2) is 5.51. The van der Waals surface area contributed by atoms with Crippen LogP contribution in [0.3, 0.4) is 0 Å². The summed E-state index contributed by atoms with van der Waals surface area (Å²) in [5.41, 5.74) is 2.50. The molecule has 6 heteroatoms. The molecule has 0 aliphatic carbocycles. The molecule has 0 spiro atoms. The summed E-state index contributed by atoms with van der Waals surface area (Å²) in [6.45, 7) is 6.27. The highest BCUT2D eigenvalue weighted by molar-refractivity contribution is 5.92. The Labute approximate surface area is 118 Å². The average molecular weight is 273 g/mol. The summed E-state index contributed by atoms with van der Waals surface area (Å²) in [7, 11) is 0. The summed E-state index contributed by atoms with van der Waals surface area (Å²) < 4.78 is 4.53. The van der Waals surface area contributed by atoms with E-state index in [1.807, 2.05) is 6.21 Å². The van der Waals surface area contributed by atoms with Crippen LogP contribution in [0.1, 0.15) is 44.9 Å². The van der Waals surface area contributed by atoms with Crippen LogP contribution in [0.2, 0.25) is 0 Å². The minimum absolute atomic E-state index is 0.491. The van der Waals surface area contributed by atoms with Crippen molar-refractivity contribution in [2.24, 2.45) is 0 Å². The third kappa shape index (κ3) is 2.47. The first-order valence-corrected chi connectivity index (χ1v) is 7.26. The van der Waals surface area contributed by atoms with Crippen LogP contribution in [-0.4, -0.2) is 45.3 Å². The lowest BCUT2D eigenvalue weighted by Crippen LogP contribution is -2.47. The number of H-pyrrole nitrogens is 1. The molecule has 0 radical (unpaired) electrons. The first-order valence-electron chi connectivity index (χ1n) is 7.26. The molecule has 0 atom stereocenters. The molecule has 0 bridgehead atoms. The highest BCUT2D eigenvalue weighted by Gasteiger charge is 2.31. The molecule has 2 N–H and O–H groups in total. The molecule has 0 aromatic carbocycles. The van der Waals surface area contributed by atoms with E-state index in [0.717, 1.165) is 44.1 Å². The maximum absolute atomic E-state index is 4.53. The molecule has 3 heterocycles. The molecule has 0 amide bonds. The van der Waals surface area contributed by atoms with Crippen LogP contribution < -0.4 is 9.98 Å². The van der Waals surface area contributed by atoms with Crippen LogP contribution in [0.5, 0.6) is 0 Å². The van der Waals surface area contributed by atoms with Gasteiger partial charge in [0.05, 0.1) is 18.8 Å². The number of aromatic nitrogens is 3. The Morgan fingerprint density at radius 2 is 2.20 bits per heavy atom. The first-order chi connectivity index (χ1) is 9.78. The maximum Gasteiger partial charge on any atom is 0.445 e. The Morgan fingerprint density at radius 3 is 2.85 bits per heavy atom. The van der Waals surface area contributed by atoms with Crippen LogP contribution in [0.4, 0.5) is 0 Å². The van der Waals surface area contributed by atoms with Gasteiger partial charge >= 0.3 is 5.96 Å². The standard InChI is InChI=1S/C14H20N6/c1-3-12-10(2)8-15-14(18-12)20-6-4-11(5-7-20)13-16-9-17-19-13/h8-9,11H,3-7H2,1-2H3,(H,16,17,19)/p+1. The second-order valence-corrected chi connectivity index (χ2v) is 5.35. The van der Waals surface area contributed by atoms with E-state index in [2.05, 4.69) is 43.9 Å². The van der Waals surface area contributed by atoms with E-state index in [0.29, 0.717) is 5.92 Å². The number of aromatic amines is 1. The minimum Gasteiger partial charge on any atom is -0.263 e. The highest BCUT2D eigenvalue weighted by Crippen LogP contribution is 2.24. The minimum atomic E-state index is 0.491. The zero-order valence-corrected chi connectivity index (χ0v) is 12.1. The molecule has 3 rings (SSSR count). The molecule has 1 aromatic rings. The fourth-order valence-corrected chi connectivity index (χ4v) is 2.81. The normalized spacial score (nSPS) is 20.1. The van der Waals surface area contributed by atoms with Gasteiger partial charge in [0.2, 0.25) is 0 Å². The van der Waals surface area contributed by atoms with Crippen molar-refractivity contribution in [2.75, 3.05) is 13.1 Å². The molecule has 106 valence electrons. The van der Waals surface area contributed by atoms with Crippen molar-refractivity contribution in [2.45, 2.75) is 39.0 Å². The predicted octanol–water partition coefficient (Wildman–Crippen LogP) is 0.765. The number of hydrogen-bond donors (Lipinski definition) is 2. The van der Waals surface area contributed by atoms with Gasteiger partial charge < -0.3 is 0 Å². The van der Waals surface area contributed by atoms with Crippen molar-refractivity contribution in [1.29, 1.82) is 0 Å². The van der Waals surface area contributed by atoms with Gasteiger partial charge in [-0.3, -0.25) is 10.00 Å². The number of likely N-dealkylation sites (tertiary alicyclic amines) is 1. The quantitative estimate of drug-likeness (QED) is 0.781. The van der Waals surface area contributed by atoms with E-state index in [1.54, 1.807) is 6.33 Å². The van der Waals surface area contributed by atoms with E-state index in [4.69, 9.17) is 0 Å². The number of guanidine groups is 1. The van der Waals surface area contributed by atoms with Crippen molar-refractivity contribution >= 4 is 12.2 Å². The number of nitrogens with one attached hydrogen (secondary N) is 2. The summed E-state index contributed by atoms with van der Waals surface area (Å²) in [4.78, 5) is 6.59. The lowest BCUT2D eigenvalue weighted by Gasteiger charge is -2.27. The first kappa shape index (κ1) is 12.9. The summed E-state index contributed by atoms with van der Waals surface area (Å²) in [6.07, 6.45) is 6.73. The molecule has 1 aromatic heterocycles. The van der Waals surface area contributed by atoms with Gasteiger partial charge in [0.25, 0.3) is 0 Å². The van der Waals surface area contributed by atoms with E-state index in [9.17, 15) is 0 Å². The van der Waals surface area contributed by atoms with Crippen molar-refractivity contribution in [3.63, 3.8) is 0 Å². The number of nitrogens with zero attached hydrogens (tertiary/aromatic N) is 4. The van der Waals surface area contributed by atoms with Gasteiger partial charge in [-0.1, -0.05) is 6.92 Å². The molecule has 1 fully saturated rings. The molecule has 2 aliphatic heterocycles. The van der Waals surface area contributed by atoms with Gasteiger partial charge in [0.15, 0.2) is 6.21 Å². The fourth-order valence-electron chi connectivity index (χ4n) is 2.81. The molecule has 2 aliphatic rings. The van der Waals surface area contributed by atoms with Crippen LogP contribution in [0.25, 0.3) is 0 Å². The van der Waals surface area contributed by atoms with Gasteiger partial charge in [0.1, 0.15) is 12.2 Å². The topological polar surface area (TPSA) is 70.9 Å². The van der Waals surface area contributed by atoms with Gasteiger partial charge in [-0.15, -0.1) is 0 Å². The molecule has 0 saturated carbocycles. The number of hydrogen-bond acceptors (Lipinski definition) is 4. The van der Waals surface area contributed by atoms with Crippen molar-refractivity contribution < 1.29 is 0 Å². The Balaban J connectivity index is 1.64. The molecular weight excluding hydrogens is 252 g/mol. The Kier molecular flexibility index (Phi) is 3.56. The number of rotatable bonds is 2. The van der Waals surface area contributed by atoms with E-state index < -0.39 is 0 Å². The Morgan fingerprint density at radius 1 is 1.40 bits per heavy atom. The summed E-state index contributed by atoms with van der Waals surface area (Å²) in [6, 6.07) is 0. The zero-order valence-electron chi connectivity index (χ0n) is 12.1. The van der Waals surface area contributed by atoms with E-state index in [-0.39, 0.29) is 0 Å². The summed E-state index contributed by atoms with van der Waals surface area (Å²) >= 11 is 0. The summed E-state index contributed by atoms with van der Waals surface area (Å²) in [5, 5.41) is 10.4. The third-order valence-electron chi connectivity index (χ3n) is 4.09. The lowest BCUT2D eigenvalue weighted by molar-refractivity contribution is 0.300. The SMILES string of the molecule is CCC1=C(C)C=[N+]=C(N2CCC(c3ncn[nH]3)CC2)N1. The van der Waals surface area contributed by atoms with Crippen molar-refractivity contribution in [3.05, 3.63) is 23.4 Å². The molecular formula is C14H21N6+. The summed E-state index contributed by atoms with van der Waals surface area (Å²) in [5.74, 6) is 2.49. The van der Waals surface area contributed by atoms with Crippen LogP contribution in [0.15, 0.2) is 17.6 Å². The van der Waals surface area contributed by atoms with Gasteiger partial charge in [0, 0.05) is 11.5 Å². The fraction of sp³-hybridized carbons (Fsp3) is 0.571. The number of piperidine rings is 1. The van der Waals surface area contributed by atoms with E-state index in [1.165, 1.54) is 11.3 Å². The highest BCUT2D eigenvalue weighted by atomic mass is 15.3. The van der Waals surface area contributed by atoms with Gasteiger partial charge in [-0.05, 0) is 26.2 Å².